The Balaban J connectivity index is 0.00000144. The fraction of sp³-hybridized carbons (Fsp3) is 0. The maximum absolute atomic E-state index is 11.1. The molecule has 2 aromatic rings. The summed E-state index contributed by atoms with van der Waals surface area (Å²) < 4.78 is 0. The number of aromatic carboxylic acids is 2. The van der Waals surface area contributed by atoms with Crippen molar-refractivity contribution >= 4 is 22.7 Å². The molecule has 4 nitrogen and oxygen atoms in total. The van der Waals surface area contributed by atoms with Crippen LogP contribution in [0.15, 0.2) is 36.4 Å². The zero-order valence-corrected chi connectivity index (χ0v) is 9.55. The first-order valence-corrected chi connectivity index (χ1v) is 4.59. The summed E-state index contributed by atoms with van der Waals surface area (Å²) in [5, 5.41) is 19.1. The first-order valence-electron chi connectivity index (χ1n) is 4.59. The maximum Gasteiger partial charge on any atom is 0.337 e. The van der Waals surface area contributed by atoms with Gasteiger partial charge in [0.2, 0.25) is 0 Å². The molecule has 0 atom stereocenters. The summed E-state index contributed by atoms with van der Waals surface area (Å²) in [6.45, 7) is 0. The van der Waals surface area contributed by atoms with E-state index >= 15 is 0 Å². The maximum atomic E-state index is 11.1. The van der Waals surface area contributed by atoms with E-state index in [9.17, 15) is 9.59 Å². The number of carboxylic acid groups (broad SMARTS) is 2. The second-order valence-corrected chi connectivity index (χ2v) is 3.32. The van der Waals surface area contributed by atoms with Gasteiger partial charge in [0.15, 0.2) is 0 Å². The van der Waals surface area contributed by atoms with E-state index in [1.807, 2.05) is 0 Å². The number of fused-ring (bicyclic) bond motifs is 1. The first kappa shape index (κ1) is 13.2. The van der Waals surface area contributed by atoms with Crippen molar-refractivity contribution in [2.24, 2.45) is 0 Å². The summed E-state index contributed by atoms with van der Waals surface area (Å²) in [7, 11) is 0. The standard InChI is InChI=1S/C12H8O4.Co/c13-11(14)9-6-5-7-3-1-2-4-8(7)10(9)12(15)16;/h1-6H,(H,13,14)(H,15,16);. The molecule has 0 aliphatic carbocycles. The van der Waals surface area contributed by atoms with Crippen molar-refractivity contribution in [2.45, 2.75) is 0 Å². The number of hydrogen-bond acceptors (Lipinski definition) is 2. The summed E-state index contributed by atoms with van der Waals surface area (Å²) in [4.78, 5) is 22.0. The van der Waals surface area contributed by atoms with Crippen LogP contribution in [-0.2, 0) is 16.8 Å². The smallest absolute Gasteiger partial charge is 0.337 e. The van der Waals surface area contributed by atoms with Crippen LogP contribution in [0.25, 0.3) is 10.8 Å². The molecular formula is C12H8CoO4. The van der Waals surface area contributed by atoms with Gasteiger partial charge < -0.3 is 10.2 Å². The van der Waals surface area contributed by atoms with Crippen LogP contribution in [0.2, 0.25) is 0 Å². The van der Waals surface area contributed by atoms with E-state index in [0.29, 0.717) is 10.8 Å². The number of carbonyl (C=O) groups is 2. The summed E-state index contributed by atoms with van der Waals surface area (Å²) in [5.74, 6) is -2.46. The molecule has 89 valence electrons. The molecule has 0 saturated heterocycles. The summed E-state index contributed by atoms with van der Waals surface area (Å²) in [6.07, 6.45) is 0. The average Bonchev–Trinajstić information content (AvgIpc) is 2.27. The SMILES string of the molecule is O=C(O)c1ccc2ccccc2c1C(=O)O.[Co]. The van der Waals surface area contributed by atoms with Gasteiger partial charge in [0.1, 0.15) is 0 Å². The van der Waals surface area contributed by atoms with Gasteiger partial charge in [-0.25, -0.2) is 9.59 Å². The van der Waals surface area contributed by atoms with Gasteiger partial charge in [0.05, 0.1) is 11.1 Å². The Morgan fingerprint density at radius 1 is 0.882 bits per heavy atom. The van der Waals surface area contributed by atoms with Crippen LogP contribution in [0.3, 0.4) is 0 Å². The molecule has 0 amide bonds. The van der Waals surface area contributed by atoms with Crippen molar-refractivity contribution in [1.82, 2.24) is 0 Å². The topological polar surface area (TPSA) is 74.6 Å². The van der Waals surface area contributed by atoms with Gasteiger partial charge in [-0.15, -0.1) is 0 Å². The first-order chi connectivity index (χ1) is 7.61. The summed E-state index contributed by atoms with van der Waals surface area (Å²) in [6, 6.07) is 9.72. The zero-order chi connectivity index (χ0) is 11.7. The number of hydrogen-bond donors (Lipinski definition) is 2. The number of carboxylic acids is 2. The van der Waals surface area contributed by atoms with Crippen LogP contribution >= 0.6 is 0 Å². The third-order valence-electron chi connectivity index (χ3n) is 2.37. The van der Waals surface area contributed by atoms with Gasteiger partial charge in [-0.2, -0.15) is 0 Å². The minimum atomic E-state index is -1.23. The quantitative estimate of drug-likeness (QED) is 0.881. The van der Waals surface area contributed by atoms with Gasteiger partial charge in [0, 0.05) is 16.8 Å². The van der Waals surface area contributed by atoms with Gasteiger partial charge in [0.25, 0.3) is 0 Å². The van der Waals surface area contributed by atoms with Gasteiger partial charge in [-0.3, -0.25) is 0 Å². The van der Waals surface area contributed by atoms with E-state index in [4.69, 9.17) is 10.2 Å². The Labute approximate surface area is 107 Å². The number of rotatable bonds is 2. The van der Waals surface area contributed by atoms with Crippen LogP contribution < -0.4 is 0 Å². The van der Waals surface area contributed by atoms with E-state index in [1.54, 1.807) is 30.3 Å². The summed E-state index contributed by atoms with van der Waals surface area (Å²) >= 11 is 0. The van der Waals surface area contributed by atoms with Crippen LogP contribution in [-0.4, -0.2) is 22.2 Å². The third-order valence-corrected chi connectivity index (χ3v) is 2.37. The van der Waals surface area contributed by atoms with E-state index in [-0.39, 0.29) is 27.9 Å². The average molecular weight is 275 g/mol. The second kappa shape index (κ2) is 4.98. The largest absolute Gasteiger partial charge is 0.478 e. The minimum Gasteiger partial charge on any atom is -0.478 e. The second-order valence-electron chi connectivity index (χ2n) is 3.32. The Morgan fingerprint density at radius 3 is 2.12 bits per heavy atom. The molecule has 0 bridgehead atoms. The molecule has 2 aromatic carbocycles. The molecule has 17 heavy (non-hydrogen) atoms. The Hall–Kier alpha value is -1.85. The van der Waals surface area contributed by atoms with E-state index in [2.05, 4.69) is 0 Å². The molecule has 2 rings (SSSR count). The Kier molecular flexibility index (Phi) is 3.87. The molecule has 2 N–H and O–H groups in total. The Bertz CT molecular complexity index is 592. The van der Waals surface area contributed by atoms with Gasteiger partial charge in [-0.1, -0.05) is 30.3 Å². The van der Waals surface area contributed by atoms with E-state index in [1.165, 1.54) is 6.07 Å². The fourth-order valence-electron chi connectivity index (χ4n) is 1.68. The molecule has 0 spiro atoms. The molecule has 0 aliphatic rings. The predicted octanol–water partition coefficient (Wildman–Crippen LogP) is 2.23. The van der Waals surface area contributed by atoms with Crippen LogP contribution in [0.5, 0.6) is 0 Å². The predicted molar refractivity (Wildman–Crippen MR) is 57.9 cm³/mol. The molecule has 0 fully saturated rings. The summed E-state index contributed by atoms with van der Waals surface area (Å²) in [5.41, 5.74) is -0.350. The zero-order valence-electron chi connectivity index (χ0n) is 8.51. The molecule has 0 aromatic heterocycles. The van der Waals surface area contributed by atoms with Crippen molar-refractivity contribution in [3.63, 3.8) is 0 Å². The van der Waals surface area contributed by atoms with Gasteiger partial charge in [-0.05, 0) is 16.8 Å². The van der Waals surface area contributed by atoms with Crippen LogP contribution in [0.1, 0.15) is 20.7 Å². The molecule has 0 unspecified atom stereocenters. The molecule has 0 heterocycles. The normalized spacial score (nSPS) is 9.65. The van der Waals surface area contributed by atoms with Crippen LogP contribution in [0, 0.1) is 0 Å². The van der Waals surface area contributed by atoms with Gasteiger partial charge >= 0.3 is 11.9 Å². The van der Waals surface area contributed by atoms with E-state index in [0.717, 1.165) is 0 Å². The Morgan fingerprint density at radius 2 is 1.53 bits per heavy atom. The van der Waals surface area contributed by atoms with E-state index < -0.39 is 11.9 Å². The molecule has 5 heteroatoms. The molecular weight excluding hydrogens is 267 g/mol. The minimum absolute atomic E-state index is 0. The molecule has 0 aliphatic heterocycles. The van der Waals surface area contributed by atoms with Crippen LogP contribution in [0.4, 0.5) is 0 Å². The molecule has 1 radical (unpaired) electrons. The monoisotopic (exact) mass is 275 g/mol. The number of benzene rings is 2. The molecule has 0 saturated carbocycles. The third kappa shape index (κ3) is 2.30. The van der Waals surface area contributed by atoms with Crippen molar-refractivity contribution < 1.29 is 36.6 Å². The van der Waals surface area contributed by atoms with Crippen molar-refractivity contribution in [2.75, 3.05) is 0 Å². The fourth-order valence-corrected chi connectivity index (χ4v) is 1.68. The van der Waals surface area contributed by atoms with Crippen molar-refractivity contribution in [1.29, 1.82) is 0 Å². The van der Waals surface area contributed by atoms with Crippen molar-refractivity contribution in [3.8, 4) is 0 Å². The van der Waals surface area contributed by atoms with Crippen molar-refractivity contribution in [3.05, 3.63) is 47.5 Å².